The average molecular weight is 529 g/mol. The number of sulfonamides is 1. The fourth-order valence-electron chi connectivity index (χ4n) is 3.42. The van der Waals surface area contributed by atoms with E-state index in [1.54, 1.807) is 24.3 Å². The number of benzene rings is 3. The Morgan fingerprint density at radius 1 is 1.00 bits per heavy atom. The third kappa shape index (κ3) is 5.43. The molecular formula is C25H18F3N3O5S-2. The number of hydrogen-bond donors (Lipinski definition) is 0. The van der Waals surface area contributed by atoms with Gasteiger partial charge in [-0.1, -0.05) is 47.7 Å². The van der Waals surface area contributed by atoms with Gasteiger partial charge in [-0.25, -0.2) is 4.68 Å². The van der Waals surface area contributed by atoms with Crippen LogP contribution in [-0.2, 0) is 16.2 Å². The van der Waals surface area contributed by atoms with Crippen LogP contribution in [-0.4, -0.2) is 31.2 Å². The van der Waals surface area contributed by atoms with E-state index >= 15 is 0 Å². The van der Waals surface area contributed by atoms with E-state index in [0.29, 0.717) is 5.56 Å². The molecule has 0 spiro atoms. The highest BCUT2D eigenvalue weighted by molar-refractivity contribution is 7.90. The molecule has 4 aromatic rings. The number of alkyl halides is 3. The van der Waals surface area contributed by atoms with Crippen LogP contribution in [0, 0.1) is 6.92 Å². The first-order chi connectivity index (χ1) is 17.4. The van der Waals surface area contributed by atoms with Crippen molar-refractivity contribution in [3.8, 4) is 28.4 Å². The maximum Gasteiger partial charge on any atom is 0.435 e. The van der Waals surface area contributed by atoms with Crippen molar-refractivity contribution in [2.75, 3.05) is 7.11 Å². The van der Waals surface area contributed by atoms with E-state index in [2.05, 4.69) is 9.50 Å². The minimum Gasteiger partial charge on any atom is -0.870 e. The highest BCUT2D eigenvalue weighted by Gasteiger charge is 2.35. The lowest BCUT2D eigenvalue weighted by Gasteiger charge is -2.16. The second-order valence-electron chi connectivity index (χ2n) is 7.92. The fraction of sp³-hybridized carbons (Fsp3) is 0.120. The number of rotatable bonds is 6. The normalized spacial score (nSPS) is 12.5. The van der Waals surface area contributed by atoms with Gasteiger partial charge in [0.15, 0.2) is 5.69 Å². The Kier molecular flexibility index (Phi) is 6.70. The van der Waals surface area contributed by atoms with E-state index in [1.807, 2.05) is 6.92 Å². The molecule has 0 saturated heterocycles. The van der Waals surface area contributed by atoms with Crippen LogP contribution < -0.4 is 14.9 Å². The Bertz CT molecular complexity index is 1580. The summed E-state index contributed by atoms with van der Waals surface area (Å²) in [5, 5.41) is 27.7. The number of halogens is 3. The molecule has 0 aliphatic carbocycles. The summed E-state index contributed by atoms with van der Waals surface area (Å²) in [6.45, 7) is 1.84. The monoisotopic (exact) mass is 529 g/mol. The minimum atomic E-state index is -4.69. The SMILES string of the molecule is COc1cc(/C([O-])=N/S(=O)(=O)c2ccc(-n3nc(C(F)(F)F)cc3-c3ccc(C)cc3)cc2)ccc1[O-]. The molecule has 8 nitrogen and oxygen atoms in total. The van der Waals surface area contributed by atoms with Crippen LogP contribution in [0.1, 0.15) is 16.8 Å². The summed E-state index contributed by atoms with van der Waals surface area (Å²) in [5.41, 5.74) is 0.424. The number of aromatic nitrogens is 2. The topological polar surface area (TPSA) is 120 Å². The van der Waals surface area contributed by atoms with Crippen LogP contribution in [0.15, 0.2) is 82.1 Å². The average Bonchev–Trinajstić information content (AvgIpc) is 3.31. The van der Waals surface area contributed by atoms with Crippen LogP contribution in [0.25, 0.3) is 16.9 Å². The van der Waals surface area contributed by atoms with Gasteiger partial charge in [-0.2, -0.15) is 31.1 Å². The van der Waals surface area contributed by atoms with Gasteiger partial charge in [-0.3, -0.25) is 0 Å². The van der Waals surface area contributed by atoms with Gasteiger partial charge in [0.1, 0.15) is 5.75 Å². The predicted octanol–water partition coefficient (Wildman–Crippen LogP) is 3.44. The molecule has 0 saturated carbocycles. The zero-order valence-electron chi connectivity index (χ0n) is 19.4. The van der Waals surface area contributed by atoms with Gasteiger partial charge in [0.25, 0.3) is 10.0 Å². The second-order valence-corrected chi connectivity index (χ2v) is 9.53. The van der Waals surface area contributed by atoms with Crippen LogP contribution in [0.2, 0.25) is 0 Å². The second kappa shape index (κ2) is 9.62. The highest BCUT2D eigenvalue weighted by Crippen LogP contribution is 2.33. The van der Waals surface area contributed by atoms with E-state index in [0.717, 1.165) is 46.6 Å². The van der Waals surface area contributed by atoms with E-state index < -0.39 is 33.5 Å². The van der Waals surface area contributed by atoms with Crippen LogP contribution in [0.5, 0.6) is 11.5 Å². The molecule has 3 aromatic carbocycles. The molecule has 1 aromatic heterocycles. The molecule has 0 radical (unpaired) electrons. The molecule has 0 unspecified atom stereocenters. The van der Waals surface area contributed by atoms with E-state index in [1.165, 1.54) is 19.2 Å². The standard InChI is InChI=1S/C25H20F3N3O5S/c1-15-3-5-16(6-4-15)20-14-23(25(26,27)28)29-31(20)18-8-10-19(11-9-18)37(34,35)30-24(33)17-7-12-21(32)22(13-17)36-2/h3-14,32H,1-2H3,(H,30,33)/p-2. The molecule has 0 fully saturated rings. The third-order valence-electron chi connectivity index (χ3n) is 5.34. The van der Waals surface area contributed by atoms with Crippen LogP contribution in [0.3, 0.4) is 0 Å². The molecule has 12 heteroatoms. The largest absolute Gasteiger partial charge is 0.870 e. The van der Waals surface area contributed by atoms with Gasteiger partial charge in [-0.05, 0) is 48.9 Å². The fourth-order valence-corrected chi connectivity index (χ4v) is 4.33. The van der Waals surface area contributed by atoms with Crippen molar-refractivity contribution in [2.24, 2.45) is 4.40 Å². The summed E-state index contributed by atoms with van der Waals surface area (Å²) in [6, 6.07) is 15.7. The van der Waals surface area contributed by atoms with Gasteiger partial charge in [0, 0.05) is 11.5 Å². The first-order valence-corrected chi connectivity index (χ1v) is 12.1. The van der Waals surface area contributed by atoms with Crippen LogP contribution >= 0.6 is 0 Å². The summed E-state index contributed by atoms with van der Waals surface area (Å²) in [5.74, 6) is -1.76. The van der Waals surface area contributed by atoms with Gasteiger partial charge in [-0.15, -0.1) is 0 Å². The molecule has 1 heterocycles. The highest BCUT2D eigenvalue weighted by atomic mass is 32.2. The molecule has 0 amide bonds. The Balaban J connectivity index is 1.71. The van der Waals surface area contributed by atoms with Crippen LogP contribution in [0.4, 0.5) is 13.2 Å². The Labute approximate surface area is 210 Å². The van der Waals surface area contributed by atoms with Crippen molar-refractivity contribution in [1.29, 1.82) is 0 Å². The summed E-state index contributed by atoms with van der Waals surface area (Å²) < 4.78 is 74.8. The lowest BCUT2D eigenvalue weighted by atomic mass is 10.1. The number of nitrogens with zero attached hydrogens (tertiary/aromatic N) is 3. The van der Waals surface area contributed by atoms with Crippen molar-refractivity contribution >= 4 is 15.9 Å². The van der Waals surface area contributed by atoms with Gasteiger partial charge in [0.2, 0.25) is 0 Å². The quantitative estimate of drug-likeness (QED) is 0.279. The zero-order valence-corrected chi connectivity index (χ0v) is 20.2. The maximum atomic E-state index is 13.4. The molecule has 0 bridgehead atoms. The lowest BCUT2D eigenvalue weighted by molar-refractivity contribution is -0.270. The lowest BCUT2D eigenvalue weighted by Crippen LogP contribution is -2.21. The Morgan fingerprint density at radius 3 is 2.24 bits per heavy atom. The summed E-state index contributed by atoms with van der Waals surface area (Å²) in [6.07, 6.45) is -4.69. The van der Waals surface area contributed by atoms with Crippen molar-refractivity contribution in [2.45, 2.75) is 18.0 Å². The molecular weight excluding hydrogens is 511 g/mol. The first-order valence-electron chi connectivity index (χ1n) is 10.6. The van der Waals surface area contributed by atoms with E-state index in [9.17, 15) is 31.8 Å². The van der Waals surface area contributed by atoms with E-state index in [4.69, 9.17) is 4.74 Å². The molecule has 0 aliphatic rings. The van der Waals surface area contributed by atoms with Crippen molar-refractivity contribution < 1.29 is 36.5 Å². The number of hydrogen-bond acceptors (Lipinski definition) is 6. The predicted molar refractivity (Wildman–Crippen MR) is 125 cm³/mol. The summed E-state index contributed by atoms with van der Waals surface area (Å²) in [7, 11) is -3.25. The molecule has 37 heavy (non-hydrogen) atoms. The molecule has 192 valence electrons. The number of aryl methyl sites for hydroxylation is 1. The molecule has 0 atom stereocenters. The third-order valence-corrected chi connectivity index (χ3v) is 6.61. The summed E-state index contributed by atoms with van der Waals surface area (Å²) in [4.78, 5) is -0.364. The summed E-state index contributed by atoms with van der Waals surface area (Å²) >= 11 is 0. The number of methoxy groups -OCH3 is 1. The van der Waals surface area contributed by atoms with E-state index in [-0.39, 0.29) is 27.6 Å². The first kappa shape index (κ1) is 25.8. The molecule has 0 aliphatic heterocycles. The molecule has 0 N–H and O–H groups in total. The Hall–Kier alpha value is -4.32. The van der Waals surface area contributed by atoms with Crippen molar-refractivity contribution in [3.05, 3.63) is 89.6 Å². The van der Waals surface area contributed by atoms with Crippen molar-refractivity contribution in [1.82, 2.24) is 9.78 Å². The van der Waals surface area contributed by atoms with Gasteiger partial charge >= 0.3 is 6.18 Å². The molecule has 4 rings (SSSR count). The van der Waals surface area contributed by atoms with Gasteiger partial charge in [0.05, 0.1) is 23.4 Å². The Morgan fingerprint density at radius 2 is 1.65 bits per heavy atom. The maximum absolute atomic E-state index is 13.4. The zero-order chi connectivity index (χ0) is 27.0. The number of ether oxygens (including phenoxy) is 1. The van der Waals surface area contributed by atoms with Crippen molar-refractivity contribution in [3.63, 3.8) is 0 Å². The van der Waals surface area contributed by atoms with Gasteiger partial charge < -0.3 is 14.9 Å². The minimum absolute atomic E-state index is 0.148. The smallest absolute Gasteiger partial charge is 0.435 e.